The standard InChI is InChI=1S/C31H39F2N7O3S/c1-31(2)30-26(19-40(31)44(42,43)24-14-20(32)13-21(33)15-24)28(36-37-30)17-29(41)25-7-6-23(39-11-9-38(3)10-12-39)16-27(25)35-18-22-5-4-8-34-22/h6-7,13-16,22,34-35H,4-5,8-12,17-19H2,1-3H3,(H,36,37)/t22-/m0/s1. The number of aromatic amines is 1. The zero-order valence-electron chi connectivity index (χ0n) is 25.3. The van der Waals surface area contributed by atoms with Gasteiger partial charge in [0.05, 0.1) is 22.5 Å². The summed E-state index contributed by atoms with van der Waals surface area (Å²) in [6, 6.07) is 8.50. The van der Waals surface area contributed by atoms with Crippen LogP contribution in [0, 0.1) is 11.6 Å². The summed E-state index contributed by atoms with van der Waals surface area (Å²) in [6.07, 6.45) is 2.19. The first kappa shape index (κ1) is 30.6. The number of nitrogens with one attached hydrogen (secondary N) is 3. The predicted molar refractivity (Wildman–Crippen MR) is 164 cm³/mol. The van der Waals surface area contributed by atoms with Crippen molar-refractivity contribution in [2.24, 2.45) is 0 Å². The smallest absolute Gasteiger partial charge is 0.244 e. The number of piperazine rings is 1. The van der Waals surface area contributed by atoms with Crippen LogP contribution in [-0.4, -0.2) is 86.0 Å². The Kier molecular flexibility index (Phi) is 8.24. The number of benzene rings is 2. The fourth-order valence-corrected chi connectivity index (χ4v) is 8.24. The van der Waals surface area contributed by atoms with Crippen molar-refractivity contribution in [2.75, 3.05) is 56.5 Å². The van der Waals surface area contributed by atoms with Crippen LogP contribution in [0.5, 0.6) is 0 Å². The van der Waals surface area contributed by atoms with E-state index in [4.69, 9.17) is 0 Å². The van der Waals surface area contributed by atoms with Crippen LogP contribution in [0.1, 0.15) is 54.0 Å². The minimum atomic E-state index is -4.28. The Balaban J connectivity index is 1.25. The maximum absolute atomic E-state index is 13.9. The number of anilines is 2. The number of likely N-dealkylation sites (N-methyl/N-ethyl adjacent to an activating group) is 1. The second-order valence-corrected chi connectivity index (χ2v) is 14.4. The van der Waals surface area contributed by atoms with Crippen LogP contribution in [0.25, 0.3) is 0 Å². The molecule has 44 heavy (non-hydrogen) atoms. The van der Waals surface area contributed by atoms with Gasteiger partial charge in [-0.3, -0.25) is 9.89 Å². The van der Waals surface area contributed by atoms with Gasteiger partial charge in [0.25, 0.3) is 0 Å². The summed E-state index contributed by atoms with van der Waals surface area (Å²) in [5.41, 5.74) is 2.89. The van der Waals surface area contributed by atoms with E-state index in [2.05, 4.69) is 43.7 Å². The molecule has 2 aromatic carbocycles. The first-order valence-corrected chi connectivity index (χ1v) is 16.5. The maximum atomic E-state index is 13.9. The highest BCUT2D eigenvalue weighted by molar-refractivity contribution is 7.89. The summed E-state index contributed by atoms with van der Waals surface area (Å²) < 4.78 is 56.2. The summed E-state index contributed by atoms with van der Waals surface area (Å²) in [5, 5.41) is 14.4. The Morgan fingerprint density at radius 3 is 2.50 bits per heavy atom. The largest absolute Gasteiger partial charge is 0.383 e. The van der Waals surface area contributed by atoms with Crippen LogP contribution in [0.4, 0.5) is 20.2 Å². The van der Waals surface area contributed by atoms with Gasteiger partial charge in [0.15, 0.2) is 5.78 Å². The van der Waals surface area contributed by atoms with E-state index in [9.17, 15) is 22.0 Å². The van der Waals surface area contributed by atoms with E-state index in [1.165, 1.54) is 4.31 Å². The van der Waals surface area contributed by atoms with E-state index < -0.39 is 32.1 Å². The van der Waals surface area contributed by atoms with Crippen LogP contribution in [0.2, 0.25) is 0 Å². The first-order valence-electron chi connectivity index (χ1n) is 15.1. The minimum Gasteiger partial charge on any atom is -0.383 e. The third-order valence-corrected chi connectivity index (χ3v) is 11.1. The lowest BCUT2D eigenvalue weighted by molar-refractivity contribution is 0.0992. The van der Waals surface area contributed by atoms with Crippen molar-refractivity contribution in [1.29, 1.82) is 0 Å². The van der Waals surface area contributed by atoms with Crippen molar-refractivity contribution in [3.63, 3.8) is 0 Å². The van der Waals surface area contributed by atoms with Crippen molar-refractivity contribution in [1.82, 2.24) is 24.7 Å². The van der Waals surface area contributed by atoms with Crippen LogP contribution in [-0.2, 0) is 28.5 Å². The van der Waals surface area contributed by atoms with Crippen LogP contribution in [0.3, 0.4) is 0 Å². The zero-order chi connectivity index (χ0) is 31.2. The minimum absolute atomic E-state index is 0.00882. The molecule has 13 heteroatoms. The van der Waals surface area contributed by atoms with Crippen molar-refractivity contribution >= 4 is 27.2 Å². The van der Waals surface area contributed by atoms with E-state index in [1.807, 2.05) is 12.1 Å². The van der Waals surface area contributed by atoms with Crippen LogP contribution >= 0.6 is 0 Å². The number of H-pyrrole nitrogens is 1. The van der Waals surface area contributed by atoms with Crippen molar-refractivity contribution in [3.8, 4) is 0 Å². The number of Topliss-reactive ketones (excluding diaryl/α,β-unsaturated/α-hetero) is 1. The Morgan fingerprint density at radius 1 is 1.09 bits per heavy atom. The molecule has 0 bridgehead atoms. The third kappa shape index (κ3) is 5.85. The number of sulfonamides is 1. The highest BCUT2D eigenvalue weighted by Crippen LogP contribution is 2.43. The molecule has 6 rings (SSSR count). The van der Waals surface area contributed by atoms with Gasteiger partial charge in [-0.15, -0.1) is 0 Å². The SMILES string of the molecule is CN1CCN(c2ccc(C(=O)Cc3[nH]nc4c3CN(S(=O)(=O)c3cc(F)cc(F)c3)C4(C)C)c(NC[C@@H]3CCCN3)c2)CC1. The van der Waals surface area contributed by atoms with Gasteiger partial charge < -0.3 is 20.4 Å². The number of carbonyl (C=O) groups excluding carboxylic acids is 1. The third-order valence-electron chi connectivity index (χ3n) is 9.09. The molecule has 0 unspecified atom stereocenters. The number of hydrogen-bond donors (Lipinski definition) is 3. The summed E-state index contributed by atoms with van der Waals surface area (Å²) in [7, 11) is -2.16. The summed E-state index contributed by atoms with van der Waals surface area (Å²) in [5.74, 6) is -2.08. The Bertz CT molecular complexity index is 1640. The van der Waals surface area contributed by atoms with Crippen molar-refractivity contribution in [3.05, 3.63) is 70.5 Å². The van der Waals surface area contributed by atoms with Gasteiger partial charge in [-0.05, 0) is 70.6 Å². The average Bonchev–Trinajstić information content (AvgIpc) is 3.70. The Morgan fingerprint density at radius 2 is 1.82 bits per heavy atom. The summed E-state index contributed by atoms with van der Waals surface area (Å²) in [6.45, 7) is 8.74. The lowest BCUT2D eigenvalue weighted by atomic mass is 9.98. The molecule has 0 aliphatic carbocycles. The van der Waals surface area contributed by atoms with Gasteiger partial charge in [0.2, 0.25) is 10.0 Å². The molecular weight excluding hydrogens is 588 g/mol. The van der Waals surface area contributed by atoms with Gasteiger partial charge >= 0.3 is 0 Å². The quantitative estimate of drug-likeness (QED) is 0.309. The highest BCUT2D eigenvalue weighted by atomic mass is 32.2. The van der Waals surface area contributed by atoms with Crippen molar-refractivity contribution in [2.45, 2.75) is 56.1 Å². The molecule has 2 saturated heterocycles. The van der Waals surface area contributed by atoms with E-state index in [0.29, 0.717) is 41.2 Å². The molecule has 1 atom stereocenters. The molecule has 2 fully saturated rings. The van der Waals surface area contributed by atoms with Crippen molar-refractivity contribution < 1.29 is 22.0 Å². The normalized spacial score (nSPS) is 20.7. The molecule has 3 N–H and O–H groups in total. The topological polar surface area (TPSA) is 114 Å². The Hall–Kier alpha value is -3.39. The monoisotopic (exact) mass is 627 g/mol. The van der Waals surface area contributed by atoms with E-state index in [1.54, 1.807) is 13.8 Å². The summed E-state index contributed by atoms with van der Waals surface area (Å²) >= 11 is 0. The van der Waals surface area contributed by atoms with Gasteiger partial charge in [0, 0.05) is 79.6 Å². The van der Waals surface area contributed by atoms with Gasteiger partial charge in [0.1, 0.15) is 11.6 Å². The van der Waals surface area contributed by atoms with E-state index in [-0.39, 0.29) is 18.7 Å². The lowest BCUT2D eigenvalue weighted by Gasteiger charge is -2.34. The lowest BCUT2D eigenvalue weighted by Crippen LogP contribution is -2.44. The fraction of sp³-hybridized carbons (Fsp3) is 0.484. The number of rotatable bonds is 9. The molecular formula is C31H39F2N7O3S. The van der Waals surface area contributed by atoms with E-state index >= 15 is 0 Å². The summed E-state index contributed by atoms with van der Waals surface area (Å²) in [4.78, 5) is 18.0. The number of nitrogens with zero attached hydrogens (tertiary/aromatic N) is 4. The second kappa shape index (κ2) is 11.8. The average molecular weight is 628 g/mol. The number of aromatic nitrogens is 2. The van der Waals surface area contributed by atoms with Gasteiger partial charge in [-0.1, -0.05) is 0 Å². The number of halogens is 2. The van der Waals surface area contributed by atoms with Gasteiger partial charge in [-0.2, -0.15) is 9.40 Å². The molecule has 0 spiro atoms. The van der Waals surface area contributed by atoms with E-state index in [0.717, 1.165) is 69.1 Å². The number of hydrogen-bond acceptors (Lipinski definition) is 8. The second-order valence-electron chi connectivity index (χ2n) is 12.5. The zero-order valence-corrected chi connectivity index (χ0v) is 26.1. The fourth-order valence-electron chi connectivity index (χ4n) is 6.48. The maximum Gasteiger partial charge on any atom is 0.244 e. The molecule has 0 saturated carbocycles. The van der Waals surface area contributed by atoms with Crippen LogP contribution in [0.15, 0.2) is 41.3 Å². The number of carbonyl (C=O) groups is 1. The molecule has 3 aromatic rings. The van der Waals surface area contributed by atoms with Crippen LogP contribution < -0.4 is 15.5 Å². The number of fused-ring (bicyclic) bond motifs is 1. The molecule has 0 amide bonds. The molecule has 3 aliphatic rings. The van der Waals surface area contributed by atoms with Gasteiger partial charge in [-0.25, -0.2) is 17.2 Å². The molecule has 10 nitrogen and oxygen atoms in total. The highest BCUT2D eigenvalue weighted by Gasteiger charge is 2.48. The molecule has 4 heterocycles. The molecule has 1 aromatic heterocycles. The molecule has 3 aliphatic heterocycles. The molecule has 0 radical (unpaired) electrons. The predicted octanol–water partition coefficient (Wildman–Crippen LogP) is 3.47. The Labute approximate surface area is 256 Å². The molecule has 236 valence electrons. The first-order chi connectivity index (χ1) is 20.9. The number of ketones is 1.